The molecule has 130 valence electrons. The summed E-state index contributed by atoms with van der Waals surface area (Å²) in [6.07, 6.45) is 3.60. The van der Waals surface area contributed by atoms with Crippen molar-refractivity contribution in [3.05, 3.63) is 71.3 Å². The highest BCUT2D eigenvalue weighted by Crippen LogP contribution is 2.43. The van der Waals surface area contributed by atoms with Gasteiger partial charge >= 0.3 is 0 Å². The molecule has 1 unspecified atom stereocenters. The predicted octanol–water partition coefficient (Wildman–Crippen LogP) is 4.47. The summed E-state index contributed by atoms with van der Waals surface area (Å²) >= 11 is 0. The largest absolute Gasteiger partial charge is 0.352 e. The number of carbonyl (C=O) groups excluding carboxylic acids is 1. The van der Waals surface area contributed by atoms with Gasteiger partial charge in [0.15, 0.2) is 0 Å². The molecule has 3 rings (SSSR count). The number of benzene rings is 2. The molecule has 2 N–H and O–H groups in total. The standard InChI is InChI=1S/C22H26N2O/c1-16(23)20-12-13-21(20)19-10-7-17(8-11-19)9-14-22(25)24-15-18-5-3-2-4-6-18/h2-8,10-11,20-21,23H,9,12-15H2,1H3,(H,24,25)/t20?,21-/m0/s1. The summed E-state index contributed by atoms with van der Waals surface area (Å²) < 4.78 is 0. The van der Waals surface area contributed by atoms with Gasteiger partial charge in [0.25, 0.3) is 0 Å². The van der Waals surface area contributed by atoms with Gasteiger partial charge in [0.1, 0.15) is 0 Å². The van der Waals surface area contributed by atoms with Crippen LogP contribution in [-0.2, 0) is 17.8 Å². The van der Waals surface area contributed by atoms with Crippen LogP contribution in [0.2, 0.25) is 0 Å². The summed E-state index contributed by atoms with van der Waals surface area (Å²) in [5.74, 6) is 1.03. The summed E-state index contributed by atoms with van der Waals surface area (Å²) in [4.78, 5) is 12.0. The zero-order valence-electron chi connectivity index (χ0n) is 14.8. The SMILES string of the molecule is CC(=N)C1CC[C@H]1c1ccc(CCC(=O)NCc2ccccc2)cc1. The van der Waals surface area contributed by atoms with Gasteiger partial charge in [-0.15, -0.1) is 0 Å². The quantitative estimate of drug-likeness (QED) is 0.721. The van der Waals surface area contributed by atoms with Crippen LogP contribution in [0.5, 0.6) is 0 Å². The number of hydrogen-bond donors (Lipinski definition) is 2. The van der Waals surface area contributed by atoms with E-state index in [9.17, 15) is 4.79 Å². The van der Waals surface area contributed by atoms with Crippen molar-refractivity contribution in [1.29, 1.82) is 5.41 Å². The third kappa shape index (κ3) is 4.56. The number of aryl methyl sites for hydroxylation is 1. The molecule has 0 spiro atoms. The van der Waals surface area contributed by atoms with Crippen LogP contribution in [-0.4, -0.2) is 11.6 Å². The third-order valence-electron chi connectivity index (χ3n) is 5.21. The van der Waals surface area contributed by atoms with Crippen molar-refractivity contribution < 1.29 is 4.79 Å². The van der Waals surface area contributed by atoms with Gasteiger partial charge in [-0.2, -0.15) is 0 Å². The van der Waals surface area contributed by atoms with Crippen molar-refractivity contribution >= 4 is 11.6 Å². The van der Waals surface area contributed by atoms with Gasteiger partial charge in [0.2, 0.25) is 5.91 Å². The Balaban J connectivity index is 1.45. The van der Waals surface area contributed by atoms with Gasteiger partial charge in [-0.25, -0.2) is 0 Å². The van der Waals surface area contributed by atoms with E-state index in [2.05, 4.69) is 29.6 Å². The topological polar surface area (TPSA) is 53.0 Å². The summed E-state index contributed by atoms with van der Waals surface area (Å²) in [6.45, 7) is 2.50. The molecule has 25 heavy (non-hydrogen) atoms. The minimum atomic E-state index is 0.0893. The highest BCUT2D eigenvalue weighted by molar-refractivity contribution is 5.83. The molecule has 0 radical (unpaired) electrons. The zero-order chi connectivity index (χ0) is 17.6. The van der Waals surface area contributed by atoms with Gasteiger partial charge in [-0.3, -0.25) is 4.79 Å². The fourth-order valence-corrected chi connectivity index (χ4v) is 3.49. The Morgan fingerprint density at radius 1 is 1.04 bits per heavy atom. The first-order valence-corrected chi connectivity index (χ1v) is 9.08. The zero-order valence-corrected chi connectivity index (χ0v) is 14.8. The molecular formula is C22H26N2O. The summed E-state index contributed by atoms with van der Waals surface area (Å²) in [7, 11) is 0. The van der Waals surface area contributed by atoms with Crippen LogP contribution in [0, 0.1) is 11.3 Å². The molecule has 3 nitrogen and oxygen atoms in total. The second-order valence-corrected chi connectivity index (χ2v) is 6.98. The van der Waals surface area contributed by atoms with E-state index in [0.717, 1.165) is 24.1 Å². The molecule has 0 saturated heterocycles. The van der Waals surface area contributed by atoms with Gasteiger partial charge in [0, 0.05) is 24.6 Å². The Hall–Kier alpha value is -2.42. The lowest BCUT2D eigenvalue weighted by atomic mass is 9.68. The average molecular weight is 334 g/mol. The Morgan fingerprint density at radius 2 is 1.76 bits per heavy atom. The van der Waals surface area contributed by atoms with Crippen LogP contribution < -0.4 is 5.32 Å². The lowest BCUT2D eigenvalue weighted by Gasteiger charge is -2.36. The number of nitrogens with one attached hydrogen (secondary N) is 2. The summed E-state index contributed by atoms with van der Waals surface area (Å²) in [5.41, 5.74) is 4.45. The second-order valence-electron chi connectivity index (χ2n) is 6.98. The average Bonchev–Trinajstić information content (AvgIpc) is 2.59. The fourth-order valence-electron chi connectivity index (χ4n) is 3.49. The molecule has 3 heteroatoms. The van der Waals surface area contributed by atoms with Crippen LogP contribution in [0.15, 0.2) is 54.6 Å². The first-order chi connectivity index (χ1) is 12.1. The van der Waals surface area contributed by atoms with E-state index >= 15 is 0 Å². The minimum Gasteiger partial charge on any atom is -0.352 e. The lowest BCUT2D eigenvalue weighted by Crippen LogP contribution is -2.29. The smallest absolute Gasteiger partial charge is 0.220 e. The Morgan fingerprint density at radius 3 is 2.36 bits per heavy atom. The maximum Gasteiger partial charge on any atom is 0.220 e. The van der Waals surface area contributed by atoms with Crippen LogP contribution in [0.4, 0.5) is 0 Å². The monoisotopic (exact) mass is 334 g/mol. The molecule has 1 amide bonds. The Bertz CT molecular complexity index is 721. The number of rotatable bonds is 7. The van der Waals surface area contributed by atoms with Gasteiger partial charge in [-0.05, 0) is 48.8 Å². The molecule has 0 bridgehead atoms. The highest BCUT2D eigenvalue weighted by Gasteiger charge is 2.33. The van der Waals surface area contributed by atoms with Gasteiger partial charge in [0.05, 0.1) is 0 Å². The maximum absolute atomic E-state index is 12.0. The lowest BCUT2D eigenvalue weighted by molar-refractivity contribution is -0.121. The second kappa shape index (κ2) is 8.11. The molecule has 0 aliphatic heterocycles. The van der Waals surface area contributed by atoms with Gasteiger partial charge in [-0.1, -0.05) is 54.6 Å². The normalized spacial score (nSPS) is 19.1. The van der Waals surface area contributed by atoms with Crippen molar-refractivity contribution in [2.24, 2.45) is 5.92 Å². The molecule has 2 atom stereocenters. The number of hydrogen-bond acceptors (Lipinski definition) is 2. The van der Waals surface area contributed by atoms with E-state index in [0.29, 0.717) is 24.8 Å². The van der Waals surface area contributed by atoms with Crippen molar-refractivity contribution in [3.8, 4) is 0 Å². The molecule has 1 saturated carbocycles. The van der Waals surface area contributed by atoms with E-state index in [4.69, 9.17) is 5.41 Å². The molecule has 2 aromatic rings. The summed E-state index contributed by atoms with van der Waals surface area (Å²) in [6, 6.07) is 18.6. The first kappa shape index (κ1) is 17.4. The first-order valence-electron chi connectivity index (χ1n) is 9.08. The van der Waals surface area contributed by atoms with E-state index in [1.54, 1.807) is 0 Å². The number of carbonyl (C=O) groups is 1. The van der Waals surface area contributed by atoms with Crippen LogP contribution in [0.25, 0.3) is 0 Å². The molecule has 0 aromatic heterocycles. The molecular weight excluding hydrogens is 308 g/mol. The molecule has 1 aliphatic carbocycles. The van der Waals surface area contributed by atoms with E-state index < -0.39 is 0 Å². The van der Waals surface area contributed by atoms with E-state index in [-0.39, 0.29) is 5.91 Å². The molecule has 1 fully saturated rings. The maximum atomic E-state index is 12.0. The third-order valence-corrected chi connectivity index (χ3v) is 5.21. The van der Waals surface area contributed by atoms with Gasteiger partial charge < -0.3 is 10.7 Å². The van der Waals surface area contributed by atoms with Crippen LogP contribution >= 0.6 is 0 Å². The molecule has 1 aliphatic rings. The van der Waals surface area contributed by atoms with E-state index in [1.165, 1.54) is 17.5 Å². The van der Waals surface area contributed by atoms with Crippen molar-refractivity contribution in [3.63, 3.8) is 0 Å². The Kier molecular flexibility index (Phi) is 5.64. The minimum absolute atomic E-state index is 0.0893. The Labute approximate surface area is 150 Å². The van der Waals surface area contributed by atoms with Crippen molar-refractivity contribution in [1.82, 2.24) is 5.32 Å². The van der Waals surface area contributed by atoms with Crippen molar-refractivity contribution in [2.75, 3.05) is 0 Å². The predicted molar refractivity (Wildman–Crippen MR) is 102 cm³/mol. The fraction of sp³-hybridized carbons (Fsp3) is 0.364. The van der Waals surface area contributed by atoms with Crippen LogP contribution in [0.1, 0.15) is 48.8 Å². The highest BCUT2D eigenvalue weighted by atomic mass is 16.1. The molecule has 0 heterocycles. The van der Waals surface area contributed by atoms with E-state index in [1.807, 2.05) is 37.3 Å². The summed E-state index contributed by atoms with van der Waals surface area (Å²) in [5, 5.41) is 10.8. The van der Waals surface area contributed by atoms with Crippen molar-refractivity contribution in [2.45, 2.75) is 45.1 Å². The number of amides is 1. The molecule has 2 aromatic carbocycles. The van der Waals surface area contributed by atoms with Crippen LogP contribution in [0.3, 0.4) is 0 Å².